The minimum Gasteiger partial charge on any atom is -0.393 e. The Balaban J connectivity index is 1.68. The molecule has 2 aliphatic rings. The van der Waals surface area contributed by atoms with Gasteiger partial charge >= 0.3 is 0 Å². The number of aliphatic hydroxyl groups excluding tert-OH is 2. The fourth-order valence-electron chi connectivity index (χ4n) is 6.38. The zero-order valence-corrected chi connectivity index (χ0v) is 19.8. The molecule has 0 bridgehead atoms. The van der Waals surface area contributed by atoms with Crippen molar-refractivity contribution in [2.75, 3.05) is 0 Å². The van der Waals surface area contributed by atoms with Crippen LogP contribution in [0, 0.1) is 17.3 Å². The van der Waals surface area contributed by atoms with Gasteiger partial charge in [-0.1, -0.05) is 84.5 Å². The van der Waals surface area contributed by atoms with Gasteiger partial charge in [-0.05, 0) is 75.0 Å². The first-order valence-electron chi connectivity index (χ1n) is 13.4. The molecule has 2 heteroatoms. The molecule has 0 amide bonds. The van der Waals surface area contributed by atoms with E-state index in [1.165, 1.54) is 103 Å². The molecule has 2 rings (SSSR count). The Kier molecular flexibility index (Phi) is 12.2. The zero-order valence-electron chi connectivity index (χ0n) is 19.8. The van der Waals surface area contributed by atoms with Crippen LogP contribution in [0.15, 0.2) is 0 Å². The quantitative estimate of drug-likeness (QED) is 0.288. The highest BCUT2D eigenvalue weighted by atomic mass is 16.3. The van der Waals surface area contributed by atoms with Gasteiger partial charge in [0.05, 0.1) is 12.2 Å². The molecule has 0 aromatic carbocycles. The topological polar surface area (TPSA) is 40.5 Å². The molecule has 2 saturated carbocycles. The number of hydrogen-bond acceptors (Lipinski definition) is 2. The lowest BCUT2D eigenvalue weighted by Gasteiger charge is -2.48. The zero-order chi connectivity index (χ0) is 21.0. The van der Waals surface area contributed by atoms with Crippen molar-refractivity contribution in [1.82, 2.24) is 0 Å². The first-order valence-corrected chi connectivity index (χ1v) is 13.4. The Labute approximate surface area is 182 Å². The molecule has 2 aliphatic carbocycles. The summed E-state index contributed by atoms with van der Waals surface area (Å²) < 4.78 is 0. The third-order valence-corrected chi connectivity index (χ3v) is 8.58. The molecule has 29 heavy (non-hydrogen) atoms. The second kappa shape index (κ2) is 14.1. The van der Waals surface area contributed by atoms with Gasteiger partial charge in [-0.15, -0.1) is 0 Å². The van der Waals surface area contributed by atoms with Crippen LogP contribution in [0.4, 0.5) is 0 Å². The average molecular weight is 409 g/mol. The Morgan fingerprint density at radius 2 is 0.897 bits per heavy atom. The van der Waals surface area contributed by atoms with Crippen molar-refractivity contribution in [3.63, 3.8) is 0 Å². The van der Waals surface area contributed by atoms with E-state index in [1.54, 1.807) is 0 Å². The highest BCUT2D eigenvalue weighted by molar-refractivity contribution is 4.93. The molecular weight excluding hydrogens is 356 g/mol. The molecule has 0 unspecified atom stereocenters. The van der Waals surface area contributed by atoms with E-state index < -0.39 is 0 Å². The van der Waals surface area contributed by atoms with Gasteiger partial charge in [0.2, 0.25) is 0 Å². The molecule has 0 spiro atoms. The summed E-state index contributed by atoms with van der Waals surface area (Å²) in [5, 5.41) is 20.0. The van der Waals surface area contributed by atoms with Crippen LogP contribution in [0.3, 0.4) is 0 Å². The Morgan fingerprint density at radius 1 is 0.552 bits per heavy atom. The summed E-state index contributed by atoms with van der Waals surface area (Å²) in [6.07, 6.45) is 25.7. The van der Waals surface area contributed by atoms with Gasteiger partial charge in [-0.25, -0.2) is 0 Å². The fraction of sp³-hybridized carbons (Fsp3) is 1.00. The van der Waals surface area contributed by atoms with E-state index in [4.69, 9.17) is 0 Å². The standard InChI is InChI=1S/C27H52O2/c1-3-4-5-6-7-8-9-10-11-12-13-22-27(2,23-14-18-25(28)19-15-23)24-16-20-26(29)21-17-24/h23-26,28-29H,3-22H2,1-2H3. The summed E-state index contributed by atoms with van der Waals surface area (Å²) in [7, 11) is 0. The number of rotatable bonds is 14. The lowest BCUT2D eigenvalue weighted by atomic mass is 9.57. The van der Waals surface area contributed by atoms with E-state index in [1.807, 2.05) is 0 Å². The highest BCUT2D eigenvalue weighted by Gasteiger charge is 2.42. The van der Waals surface area contributed by atoms with Crippen molar-refractivity contribution in [3.8, 4) is 0 Å². The Bertz CT molecular complexity index is 369. The van der Waals surface area contributed by atoms with Crippen molar-refractivity contribution in [2.24, 2.45) is 17.3 Å². The van der Waals surface area contributed by atoms with Gasteiger partial charge in [0.15, 0.2) is 0 Å². The molecule has 0 aliphatic heterocycles. The van der Waals surface area contributed by atoms with Crippen molar-refractivity contribution < 1.29 is 10.2 Å². The van der Waals surface area contributed by atoms with Crippen molar-refractivity contribution >= 4 is 0 Å². The maximum atomic E-state index is 9.98. The molecule has 2 fully saturated rings. The third-order valence-electron chi connectivity index (χ3n) is 8.58. The van der Waals surface area contributed by atoms with Crippen molar-refractivity contribution in [1.29, 1.82) is 0 Å². The Morgan fingerprint density at radius 3 is 1.28 bits per heavy atom. The fourth-order valence-corrected chi connectivity index (χ4v) is 6.38. The van der Waals surface area contributed by atoms with Gasteiger partial charge in [0.1, 0.15) is 0 Å². The van der Waals surface area contributed by atoms with E-state index >= 15 is 0 Å². The molecule has 0 saturated heterocycles. The predicted octanol–water partition coefficient (Wildman–Crippen LogP) is 7.80. The van der Waals surface area contributed by atoms with Crippen LogP contribution >= 0.6 is 0 Å². The van der Waals surface area contributed by atoms with E-state index in [-0.39, 0.29) is 12.2 Å². The molecule has 0 aromatic rings. The first kappa shape index (κ1) is 25.2. The van der Waals surface area contributed by atoms with Gasteiger partial charge in [0, 0.05) is 0 Å². The first-order chi connectivity index (χ1) is 14.1. The molecule has 0 heterocycles. The molecule has 0 aromatic heterocycles. The summed E-state index contributed by atoms with van der Waals surface area (Å²) >= 11 is 0. The minimum atomic E-state index is -0.0503. The third kappa shape index (κ3) is 8.90. The van der Waals surface area contributed by atoms with E-state index in [9.17, 15) is 10.2 Å². The summed E-state index contributed by atoms with van der Waals surface area (Å²) in [5.41, 5.74) is 0.430. The smallest absolute Gasteiger partial charge is 0.0540 e. The van der Waals surface area contributed by atoms with E-state index in [0.29, 0.717) is 5.41 Å². The van der Waals surface area contributed by atoms with Crippen LogP contribution in [0.25, 0.3) is 0 Å². The minimum absolute atomic E-state index is 0.0503. The van der Waals surface area contributed by atoms with Crippen LogP contribution in [0.2, 0.25) is 0 Å². The van der Waals surface area contributed by atoms with E-state index in [2.05, 4.69) is 13.8 Å². The monoisotopic (exact) mass is 408 g/mol. The molecule has 172 valence electrons. The predicted molar refractivity (Wildman–Crippen MR) is 125 cm³/mol. The van der Waals surface area contributed by atoms with Crippen LogP contribution in [0.5, 0.6) is 0 Å². The van der Waals surface area contributed by atoms with Gasteiger partial charge < -0.3 is 10.2 Å². The Hall–Kier alpha value is -0.0800. The lowest BCUT2D eigenvalue weighted by Crippen LogP contribution is -2.40. The maximum Gasteiger partial charge on any atom is 0.0540 e. The molecular formula is C27H52O2. The summed E-state index contributed by atoms with van der Waals surface area (Å²) in [5.74, 6) is 1.57. The molecule has 2 nitrogen and oxygen atoms in total. The SMILES string of the molecule is CCCCCCCCCCCCCC(C)(C1CCC(O)CC1)C1CCC(O)CC1. The summed E-state index contributed by atoms with van der Waals surface area (Å²) in [4.78, 5) is 0. The van der Waals surface area contributed by atoms with Crippen LogP contribution in [0.1, 0.15) is 142 Å². The van der Waals surface area contributed by atoms with Crippen molar-refractivity contribution in [3.05, 3.63) is 0 Å². The van der Waals surface area contributed by atoms with Crippen LogP contribution < -0.4 is 0 Å². The average Bonchev–Trinajstić information content (AvgIpc) is 2.73. The number of unbranched alkanes of at least 4 members (excludes halogenated alkanes) is 10. The number of aliphatic hydroxyl groups is 2. The van der Waals surface area contributed by atoms with Gasteiger partial charge in [0.25, 0.3) is 0 Å². The second-order valence-electron chi connectivity index (χ2n) is 10.8. The molecule has 0 radical (unpaired) electrons. The molecule has 0 atom stereocenters. The van der Waals surface area contributed by atoms with Gasteiger partial charge in [-0.2, -0.15) is 0 Å². The maximum absolute atomic E-state index is 9.98. The normalized spacial score (nSPS) is 30.2. The van der Waals surface area contributed by atoms with Crippen LogP contribution in [-0.4, -0.2) is 22.4 Å². The van der Waals surface area contributed by atoms with Crippen molar-refractivity contribution in [2.45, 2.75) is 154 Å². The second-order valence-corrected chi connectivity index (χ2v) is 10.8. The lowest BCUT2D eigenvalue weighted by molar-refractivity contribution is -0.0157. The van der Waals surface area contributed by atoms with Gasteiger partial charge in [-0.3, -0.25) is 0 Å². The summed E-state index contributed by atoms with van der Waals surface area (Å²) in [6, 6.07) is 0. The summed E-state index contributed by atoms with van der Waals surface area (Å²) in [6.45, 7) is 4.87. The van der Waals surface area contributed by atoms with E-state index in [0.717, 1.165) is 37.5 Å². The molecule has 2 N–H and O–H groups in total. The number of hydrogen-bond donors (Lipinski definition) is 2. The highest BCUT2D eigenvalue weighted by Crippen LogP contribution is 2.51. The van der Waals surface area contributed by atoms with Crippen LogP contribution in [-0.2, 0) is 0 Å². The largest absolute Gasteiger partial charge is 0.393 e.